The van der Waals surface area contributed by atoms with Gasteiger partial charge in [-0.2, -0.15) is 0 Å². The Kier molecular flexibility index (Phi) is 8.30. The molecule has 0 aromatic heterocycles. The second kappa shape index (κ2) is 11.6. The van der Waals surface area contributed by atoms with Gasteiger partial charge in [-0.3, -0.25) is 14.9 Å². The number of nitrogens with one attached hydrogen (secondary N) is 1. The molecule has 9 heteroatoms. The maximum atomic E-state index is 13.2. The number of urea groups is 1. The summed E-state index contributed by atoms with van der Waals surface area (Å²) in [5, 5.41) is 2.67. The first kappa shape index (κ1) is 26.4. The predicted octanol–water partition coefficient (Wildman–Crippen LogP) is 5.93. The van der Waals surface area contributed by atoms with Crippen molar-refractivity contribution in [3.63, 3.8) is 0 Å². The number of anilines is 1. The molecule has 188 valence electrons. The average molecular weight is 629 g/mol. The van der Waals surface area contributed by atoms with Crippen LogP contribution < -0.4 is 19.7 Å². The van der Waals surface area contributed by atoms with Gasteiger partial charge in [-0.05, 0) is 94.7 Å². The Bertz CT molecular complexity index is 1400. The number of benzene rings is 3. The standard InChI is InChI=1S/C28H22ClIN2O5/c1-3-4-19-13-18(15-24(36-2)25(19)37-16-17-5-9-21(30)10-6-17)14-23-26(33)31-28(35)32(27(23)34)22-11-7-20(29)8-12-22/h3,5-15H,1,4,16H2,2H3,(H,31,33,35)/b23-14+. The highest BCUT2D eigenvalue weighted by Crippen LogP contribution is 2.35. The van der Waals surface area contributed by atoms with Gasteiger partial charge in [0.25, 0.3) is 11.8 Å². The summed E-state index contributed by atoms with van der Waals surface area (Å²) in [5.41, 5.74) is 2.37. The smallest absolute Gasteiger partial charge is 0.335 e. The lowest BCUT2D eigenvalue weighted by Gasteiger charge is -2.26. The van der Waals surface area contributed by atoms with Crippen molar-refractivity contribution < 1.29 is 23.9 Å². The van der Waals surface area contributed by atoms with E-state index in [0.717, 1.165) is 19.6 Å². The molecule has 7 nitrogen and oxygen atoms in total. The molecule has 4 rings (SSSR count). The first-order chi connectivity index (χ1) is 17.8. The Morgan fingerprint density at radius 1 is 1.05 bits per heavy atom. The fourth-order valence-electron chi connectivity index (χ4n) is 3.77. The molecule has 1 heterocycles. The van der Waals surface area contributed by atoms with Crippen LogP contribution in [0.4, 0.5) is 10.5 Å². The van der Waals surface area contributed by atoms with Gasteiger partial charge >= 0.3 is 6.03 Å². The molecule has 1 aliphatic rings. The number of hydrogen-bond donors (Lipinski definition) is 1. The molecular weight excluding hydrogens is 607 g/mol. The molecule has 0 aliphatic carbocycles. The third-order valence-electron chi connectivity index (χ3n) is 5.53. The van der Waals surface area contributed by atoms with Crippen LogP contribution in [0.25, 0.3) is 6.08 Å². The van der Waals surface area contributed by atoms with Crippen molar-refractivity contribution >= 4 is 63.8 Å². The van der Waals surface area contributed by atoms with E-state index in [4.69, 9.17) is 21.1 Å². The number of methoxy groups -OCH3 is 1. The van der Waals surface area contributed by atoms with E-state index in [-0.39, 0.29) is 11.3 Å². The van der Waals surface area contributed by atoms with Crippen LogP contribution in [0.3, 0.4) is 0 Å². The fraction of sp³-hybridized carbons (Fsp3) is 0.107. The number of amides is 4. The first-order valence-electron chi connectivity index (χ1n) is 11.2. The number of halogens is 2. The highest BCUT2D eigenvalue weighted by molar-refractivity contribution is 14.1. The quantitative estimate of drug-likeness (QED) is 0.145. The van der Waals surface area contributed by atoms with Crippen molar-refractivity contribution in [3.05, 3.63) is 104 Å². The number of allylic oxidation sites excluding steroid dienone is 1. The Hall–Kier alpha value is -3.63. The maximum absolute atomic E-state index is 13.2. The van der Waals surface area contributed by atoms with Crippen molar-refractivity contribution in [2.24, 2.45) is 0 Å². The second-order valence-corrected chi connectivity index (χ2v) is 9.74. The summed E-state index contributed by atoms with van der Waals surface area (Å²) in [5.74, 6) is -0.561. The molecule has 0 unspecified atom stereocenters. The Labute approximate surface area is 232 Å². The van der Waals surface area contributed by atoms with Crippen molar-refractivity contribution in [1.82, 2.24) is 5.32 Å². The monoisotopic (exact) mass is 628 g/mol. The van der Waals surface area contributed by atoms with Crippen molar-refractivity contribution in [3.8, 4) is 11.5 Å². The molecule has 4 amide bonds. The van der Waals surface area contributed by atoms with Crippen molar-refractivity contribution in [1.29, 1.82) is 0 Å². The predicted molar refractivity (Wildman–Crippen MR) is 151 cm³/mol. The number of imide groups is 2. The van der Waals surface area contributed by atoms with E-state index in [1.165, 1.54) is 25.3 Å². The van der Waals surface area contributed by atoms with Crippen LogP contribution in [0.2, 0.25) is 5.02 Å². The third-order valence-corrected chi connectivity index (χ3v) is 6.50. The van der Waals surface area contributed by atoms with Crippen LogP contribution >= 0.6 is 34.2 Å². The zero-order valence-electron chi connectivity index (χ0n) is 19.8. The molecule has 0 spiro atoms. The topological polar surface area (TPSA) is 84.9 Å². The highest BCUT2D eigenvalue weighted by atomic mass is 127. The maximum Gasteiger partial charge on any atom is 0.335 e. The average Bonchev–Trinajstić information content (AvgIpc) is 2.88. The van der Waals surface area contributed by atoms with Crippen LogP contribution in [0.5, 0.6) is 11.5 Å². The summed E-state index contributed by atoms with van der Waals surface area (Å²) in [6.07, 6.45) is 3.61. The lowest BCUT2D eigenvalue weighted by atomic mass is 10.0. The SMILES string of the molecule is C=CCc1cc(/C=C2\C(=O)NC(=O)N(c3ccc(Cl)cc3)C2=O)cc(OC)c1OCc1ccc(I)cc1. The van der Waals surface area contributed by atoms with Crippen LogP contribution in [0.1, 0.15) is 16.7 Å². The number of carbonyl (C=O) groups excluding carboxylic acids is 3. The van der Waals surface area contributed by atoms with Gasteiger partial charge in [0, 0.05) is 14.2 Å². The Balaban J connectivity index is 1.69. The molecule has 37 heavy (non-hydrogen) atoms. The molecule has 0 radical (unpaired) electrons. The highest BCUT2D eigenvalue weighted by Gasteiger charge is 2.36. The molecule has 0 atom stereocenters. The summed E-state index contributed by atoms with van der Waals surface area (Å²) in [4.78, 5) is 39.2. The van der Waals surface area contributed by atoms with Gasteiger partial charge in [-0.1, -0.05) is 29.8 Å². The lowest BCUT2D eigenvalue weighted by Crippen LogP contribution is -2.54. The van der Waals surface area contributed by atoms with Crippen molar-refractivity contribution in [2.45, 2.75) is 13.0 Å². The number of rotatable bonds is 8. The van der Waals surface area contributed by atoms with E-state index < -0.39 is 17.8 Å². The molecule has 1 N–H and O–H groups in total. The summed E-state index contributed by atoms with van der Waals surface area (Å²) in [6, 6.07) is 16.8. The zero-order valence-corrected chi connectivity index (χ0v) is 22.7. The van der Waals surface area contributed by atoms with Crippen LogP contribution in [0, 0.1) is 3.57 Å². The molecule has 1 saturated heterocycles. The normalized spacial score (nSPS) is 14.5. The molecular formula is C28H22ClIN2O5. The summed E-state index contributed by atoms with van der Waals surface area (Å²) in [6.45, 7) is 4.15. The number of ether oxygens (including phenoxy) is 2. The van der Waals surface area contributed by atoms with E-state index in [1.54, 1.807) is 30.3 Å². The minimum atomic E-state index is -0.834. The summed E-state index contributed by atoms with van der Waals surface area (Å²) >= 11 is 8.17. The largest absolute Gasteiger partial charge is 0.493 e. The van der Waals surface area contributed by atoms with Crippen LogP contribution in [-0.4, -0.2) is 25.0 Å². The van der Waals surface area contributed by atoms with E-state index in [1.807, 2.05) is 24.3 Å². The Morgan fingerprint density at radius 2 is 1.76 bits per heavy atom. The number of carbonyl (C=O) groups is 3. The van der Waals surface area contributed by atoms with Crippen LogP contribution in [-0.2, 0) is 22.6 Å². The van der Waals surface area contributed by atoms with Gasteiger partial charge in [0.2, 0.25) is 0 Å². The van der Waals surface area contributed by atoms with Gasteiger partial charge in [-0.15, -0.1) is 6.58 Å². The van der Waals surface area contributed by atoms with E-state index in [0.29, 0.717) is 35.1 Å². The zero-order chi connectivity index (χ0) is 26.5. The Morgan fingerprint density at radius 3 is 2.41 bits per heavy atom. The van der Waals surface area contributed by atoms with Gasteiger partial charge < -0.3 is 9.47 Å². The lowest BCUT2D eigenvalue weighted by molar-refractivity contribution is -0.122. The minimum Gasteiger partial charge on any atom is -0.493 e. The summed E-state index contributed by atoms with van der Waals surface area (Å²) in [7, 11) is 1.51. The molecule has 1 aliphatic heterocycles. The number of nitrogens with zero attached hydrogens (tertiary/aromatic N) is 1. The number of hydrogen-bond acceptors (Lipinski definition) is 5. The molecule has 0 saturated carbocycles. The fourth-order valence-corrected chi connectivity index (χ4v) is 4.26. The number of barbiturate groups is 1. The van der Waals surface area contributed by atoms with Gasteiger partial charge in [0.15, 0.2) is 11.5 Å². The minimum absolute atomic E-state index is 0.200. The van der Waals surface area contributed by atoms with E-state index in [2.05, 4.69) is 34.5 Å². The third kappa shape index (κ3) is 6.03. The van der Waals surface area contributed by atoms with Gasteiger partial charge in [0.05, 0.1) is 12.8 Å². The molecule has 3 aromatic rings. The van der Waals surface area contributed by atoms with Gasteiger partial charge in [-0.25, -0.2) is 9.69 Å². The van der Waals surface area contributed by atoms with E-state index >= 15 is 0 Å². The summed E-state index contributed by atoms with van der Waals surface area (Å²) < 4.78 is 12.8. The van der Waals surface area contributed by atoms with Crippen molar-refractivity contribution in [2.75, 3.05) is 12.0 Å². The van der Waals surface area contributed by atoms with E-state index in [9.17, 15) is 14.4 Å². The molecule has 3 aromatic carbocycles. The van der Waals surface area contributed by atoms with Gasteiger partial charge in [0.1, 0.15) is 12.2 Å². The molecule has 1 fully saturated rings. The van der Waals surface area contributed by atoms with Crippen LogP contribution in [0.15, 0.2) is 78.9 Å². The first-order valence-corrected chi connectivity index (χ1v) is 12.6. The molecule has 0 bridgehead atoms. The second-order valence-electron chi connectivity index (χ2n) is 8.05.